The van der Waals surface area contributed by atoms with Crippen LogP contribution in [0, 0.1) is 0 Å². The van der Waals surface area contributed by atoms with Crippen molar-refractivity contribution < 1.29 is 19.1 Å². The number of methoxy groups -OCH3 is 1. The van der Waals surface area contributed by atoms with Crippen molar-refractivity contribution in [1.82, 2.24) is 4.90 Å². The highest BCUT2D eigenvalue weighted by atomic mass is 127. The second-order valence-corrected chi connectivity index (χ2v) is 6.77. The van der Waals surface area contributed by atoms with Crippen molar-refractivity contribution in [1.29, 1.82) is 0 Å². The summed E-state index contributed by atoms with van der Waals surface area (Å²) in [5.74, 6) is -0.380. The van der Waals surface area contributed by atoms with E-state index in [0.29, 0.717) is 13.0 Å². The predicted molar refractivity (Wildman–Crippen MR) is 71.2 cm³/mol. The molecule has 0 aromatic heterocycles. The Bertz CT molecular complexity index is 313. The van der Waals surface area contributed by atoms with Gasteiger partial charge in [0.1, 0.15) is 11.6 Å². The summed E-state index contributed by atoms with van der Waals surface area (Å²) in [5.41, 5.74) is -0.554. The highest BCUT2D eigenvalue weighted by molar-refractivity contribution is 14.1. The van der Waals surface area contributed by atoms with E-state index in [1.54, 1.807) is 20.8 Å². The minimum atomic E-state index is -0.554. The number of alkyl halides is 1. The molecule has 1 heterocycles. The number of likely N-dealkylation sites (tertiary alicyclic amines) is 1. The zero-order valence-corrected chi connectivity index (χ0v) is 12.7. The summed E-state index contributed by atoms with van der Waals surface area (Å²) in [4.78, 5) is 24.9. The summed E-state index contributed by atoms with van der Waals surface area (Å²) in [7, 11) is 1.33. The Morgan fingerprint density at radius 2 is 1.94 bits per heavy atom. The molecule has 0 radical (unpaired) electrons. The fraction of sp³-hybridized carbons (Fsp3) is 0.818. The van der Waals surface area contributed by atoms with Gasteiger partial charge in [-0.25, -0.2) is 9.59 Å². The Labute approximate surface area is 115 Å². The fourth-order valence-electron chi connectivity index (χ4n) is 1.67. The summed E-state index contributed by atoms with van der Waals surface area (Å²) < 4.78 is 10.2. The number of ether oxygens (including phenoxy) is 2. The quantitative estimate of drug-likeness (QED) is 0.410. The fourth-order valence-corrected chi connectivity index (χ4v) is 2.57. The van der Waals surface area contributed by atoms with Crippen molar-refractivity contribution in [3.8, 4) is 0 Å². The number of amides is 1. The number of esters is 1. The van der Waals surface area contributed by atoms with Gasteiger partial charge in [-0.15, -0.1) is 0 Å². The average molecular weight is 355 g/mol. The van der Waals surface area contributed by atoms with Gasteiger partial charge in [-0.1, -0.05) is 22.6 Å². The van der Waals surface area contributed by atoms with Crippen LogP contribution in [0.3, 0.4) is 0 Å². The molecule has 2 atom stereocenters. The molecule has 0 bridgehead atoms. The molecule has 0 aromatic carbocycles. The Morgan fingerprint density at radius 3 is 2.41 bits per heavy atom. The van der Waals surface area contributed by atoms with Crippen LogP contribution >= 0.6 is 22.6 Å². The van der Waals surface area contributed by atoms with Gasteiger partial charge in [0, 0.05) is 10.5 Å². The molecule has 1 saturated heterocycles. The Morgan fingerprint density at radius 1 is 1.35 bits per heavy atom. The second-order valence-electron chi connectivity index (χ2n) is 5.00. The highest BCUT2D eigenvalue weighted by Crippen LogP contribution is 2.26. The number of carbonyl (C=O) groups is 2. The van der Waals surface area contributed by atoms with E-state index in [1.807, 2.05) is 0 Å². The largest absolute Gasteiger partial charge is 0.467 e. The topological polar surface area (TPSA) is 55.8 Å². The molecule has 1 rings (SSSR count). The van der Waals surface area contributed by atoms with Gasteiger partial charge in [0.05, 0.1) is 7.11 Å². The molecule has 1 amide bonds. The van der Waals surface area contributed by atoms with Gasteiger partial charge >= 0.3 is 12.1 Å². The molecule has 1 aliphatic rings. The van der Waals surface area contributed by atoms with E-state index in [-0.39, 0.29) is 9.89 Å². The third-order valence-corrected chi connectivity index (χ3v) is 3.25. The summed E-state index contributed by atoms with van der Waals surface area (Å²) in [6, 6.07) is -0.517. The molecule has 0 unspecified atom stereocenters. The van der Waals surface area contributed by atoms with Crippen LogP contribution in [0.25, 0.3) is 0 Å². The molecule has 5 nitrogen and oxygen atoms in total. The molecule has 17 heavy (non-hydrogen) atoms. The molecule has 0 N–H and O–H groups in total. The zero-order chi connectivity index (χ0) is 13.2. The van der Waals surface area contributed by atoms with Crippen LogP contribution in [0.4, 0.5) is 4.79 Å². The number of hydrogen-bond acceptors (Lipinski definition) is 4. The standard InChI is InChI=1S/C11H18INO4/c1-11(2,3)17-10(15)13-6-7(12)5-8(13)9(14)16-4/h7-8H,5-6H2,1-4H3/t7-,8+/m0/s1. The van der Waals surface area contributed by atoms with Crippen LogP contribution < -0.4 is 0 Å². The lowest BCUT2D eigenvalue weighted by Gasteiger charge is -2.27. The third-order valence-electron chi connectivity index (χ3n) is 2.35. The Hall–Kier alpha value is -0.530. The van der Waals surface area contributed by atoms with E-state index >= 15 is 0 Å². The Balaban J connectivity index is 2.73. The van der Waals surface area contributed by atoms with Gasteiger partial charge in [-0.3, -0.25) is 4.90 Å². The van der Waals surface area contributed by atoms with Crippen LogP contribution in [0.2, 0.25) is 0 Å². The molecule has 0 aromatic rings. The molecule has 0 saturated carbocycles. The van der Waals surface area contributed by atoms with Crippen molar-refractivity contribution in [2.75, 3.05) is 13.7 Å². The van der Waals surface area contributed by atoms with Gasteiger partial charge in [0.15, 0.2) is 0 Å². The first-order valence-corrected chi connectivity index (χ1v) is 6.70. The predicted octanol–water partition coefficient (Wildman–Crippen LogP) is 1.97. The number of carbonyl (C=O) groups excluding carboxylic acids is 2. The third kappa shape index (κ3) is 4.01. The maximum Gasteiger partial charge on any atom is 0.411 e. The van der Waals surface area contributed by atoms with Crippen molar-refractivity contribution in [2.45, 2.75) is 42.8 Å². The molecule has 1 aliphatic heterocycles. The van der Waals surface area contributed by atoms with Gasteiger partial charge < -0.3 is 9.47 Å². The molecular formula is C11H18INO4. The zero-order valence-electron chi connectivity index (χ0n) is 10.5. The number of nitrogens with zero attached hydrogens (tertiary/aromatic N) is 1. The molecular weight excluding hydrogens is 337 g/mol. The van der Waals surface area contributed by atoms with Crippen molar-refractivity contribution in [3.63, 3.8) is 0 Å². The summed E-state index contributed by atoms with van der Waals surface area (Å²) in [5, 5.41) is 0. The van der Waals surface area contributed by atoms with Crippen LogP contribution in [0.1, 0.15) is 27.2 Å². The van der Waals surface area contributed by atoms with Crippen LogP contribution in [-0.4, -0.2) is 46.2 Å². The molecule has 1 fully saturated rings. The lowest BCUT2D eigenvalue weighted by Crippen LogP contribution is -2.43. The first-order valence-electron chi connectivity index (χ1n) is 5.46. The first kappa shape index (κ1) is 14.5. The van der Waals surface area contributed by atoms with Crippen molar-refractivity contribution in [3.05, 3.63) is 0 Å². The number of rotatable bonds is 1. The van der Waals surface area contributed by atoms with E-state index in [0.717, 1.165) is 0 Å². The monoisotopic (exact) mass is 355 g/mol. The first-order chi connectivity index (χ1) is 7.74. The van der Waals surface area contributed by atoms with Crippen LogP contribution in [0.15, 0.2) is 0 Å². The SMILES string of the molecule is COC(=O)[C@H]1C[C@H](I)CN1C(=O)OC(C)(C)C. The maximum atomic E-state index is 11.9. The summed E-state index contributed by atoms with van der Waals surface area (Å²) in [6.07, 6.45) is 0.166. The summed E-state index contributed by atoms with van der Waals surface area (Å²) in [6.45, 7) is 5.93. The van der Waals surface area contributed by atoms with Gasteiger partial charge in [-0.05, 0) is 27.2 Å². The van der Waals surface area contributed by atoms with Gasteiger partial charge in [0.25, 0.3) is 0 Å². The lowest BCUT2D eigenvalue weighted by atomic mass is 10.2. The lowest BCUT2D eigenvalue weighted by molar-refractivity contribution is -0.145. The van der Waals surface area contributed by atoms with Crippen molar-refractivity contribution in [2.24, 2.45) is 0 Å². The van der Waals surface area contributed by atoms with E-state index < -0.39 is 17.7 Å². The normalized spacial score (nSPS) is 24.6. The minimum absolute atomic E-state index is 0.254. The van der Waals surface area contributed by atoms with E-state index in [1.165, 1.54) is 12.0 Å². The van der Waals surface area contributed by atoms with Gasteiger partial charge in [0.2, 0.25) is 0 Å². The highest BCUT2D eigenvalue weighted by Gasteiger charge is 2.41. The maximum absolute atomic E-state index is 11.9. The minimum Gasteiger partial charge on any atom is -0.467 e. The number of hydrogen-bond donors (Lipinski definition) is 0. The van der Waals surface area contributed by atoms with E-state index in [2.05, 4.69) is 22.6 Å². The van der Waals surface area contributed by atoms with Gasteiger partial charge in [-0.2, -0.15) is 0 Å². The van der Waals surface area contributed by atoms with E-state index in [9.17, 15) is 9.59 Å². The smallest absolute Gasteiger partial charge is 0.411 e. The van der Waals surface area contributed by atoms with Crippen LogP contribution in [0.5, 0.6) is 0 Å². The van der Waals surface area contributed by atoms with E-state index in [4.69, 9.17) is 9.47 Å². The summed E-state index contributed by atoms with van der Waals surface area (Å²) >= 11 is 2.23. The molecule has 98 valence electrons. The average Bonchev–Trinajstić information content (AvgIpc) is 2.56. The molecule has 6 heteroatoms. The molecule has 0 spiro atoms. The number of halogens is 1. The molecule has 0 aliphatic carbocycles. The Kier molecular flexibility index (Phi) is 4.62. The second kappa shape index (κ2) is 5.41. The van der Waals surface area contributed by atoms with Crippen molar-refractivity contribution >= 4 is 34.7 Å². The van der Waals surface area contributed by atoms with Crippen LogP contribution in [-0.2, 0) is 14.3 Å².